The van der Waals surface area contributed by atoms with E-state index < -0.39 is 180 Å². The fourth-order valence-electron chi connectivity index (χ4n) is 10.9. The Balaban J connectivity index is 1.53. The first-order valence-electron chi connectivity index (χ1n) is 33.8. The summed E-state index contributed by atoms with van der Waals surface area (Å²) in [5, 5.41) is 77.7. The molecule has 0 saturated carbocycles. The van der Waals surface area contributed by atoms with Gasteiger partial charge in [-0.05, 0) is 105 Å². The quantitative estimate of drug-likeness (QED) is 0.0284. The number of thiol groups is 2. The molecular formula is C69H99N13O19S2. The van der Waals surface area contributed by atoms with Gasteiger partial charge >= 0.3 is 11.9 Å². The Bertz CT molecular complexity index is 3420. The number of phenols is 2. The number of aromatic hydroxyl groups is 2. The summed E-state index contributed by atoms with van der Waals surface area (Å²) >= 11 is 7.99. The lowest BCUT2D eigenvalue weighted by Crippen LogP contribution is -2.62. The summed E-state index contributed by atoms with van der Waals surface area (Å²) in [6, 6.07) is 3.10. The Kier molecular flexibility index (Phi) is 35.1. The van der Waals surface area contributed by atoms with E-state index in [4.69, 9.17) is 5.73 Å². The lowest BCUT2D eigenvalue weighted by atomic mass is 10.00. The highest BCUT2D eigenvalue weighted by Crippen LogP contribution is 2.22. The van der Waals surface area contributed by atoms with Gasteiger partial charge in [-0.1, -0.05) is 96.1 Å². The second-order valence-electron chi connectivity index (χ2n) is 26.5. The molecule has 0 spiro atoms. The van der Waals surface area contributed by atoms with E-state index in [2.05, 4.69) is 83.7 Å². The molecule has 34 heteroatoms. The molecule has 12 amide bonds. The van der Waals surface area contributed by atoms with Crippen LogP contribution in [0.15, 0.2) is 78.9 Å². The molecule has 0 aromatic heterocycles. The van der Waals surface area contributed by atoms with Crippen LogP contribution in [0.25, 0.3) is 0 Å². The summed E-state index contributed by atoms with van der Waals surface area (Å²) in [4.78, 5) is 192. The van der Waals surface area contributed by atoms with Crippen LogP contribution in [0.5, 0.6) is 11.5 Å². The van der Waals surface area contributed by atoms with Gasteiger partial charge in [0.05, 0.1) is 18.7 Å². The first-order valence-corrected chi connectivity index (χ1v) is 35.1. The van der Waals surface area contributed by atoms with Gasteiger partial charge < -0.3 is 94.7 Å². The summed E-state index contributed by atoms with van der Waals surface area (Å²) in [5.41, 5.74) is 7.20. The van der Waals surface area contributed by atoms with Crippen LogP contribution in [0.4, 0.5) is 0 Å². The minimum Gasteiger partial charge on any atom is -0.508 e. The molecule has 103 heavy (non-hydrogen) atoms. The molecular weight excluding hydrogens is 1380 g/mol. The number of hydrogen-bond acceptors (Lipinski definition) is 20. The number of nitrogens with one attached hydrogen (secondary N) is 11. The second kappa shape index (κ2) is 42.1. The summed E-state index contributed by atoms with van der Waals surface area (Å²) < 4.78 is 0. The van der Waals surface area contributed by atoms with Crippen LogP contribution < -0.4 is 64.2 Å². The average Bonchev–Trinajstić information content (AvgIpc) is 1.79. The van der Waals surface area contributed by atoms with Crippen molar-refractivity contribution in [1.29, 1.82) is 0 Å². The fourth-order valence-corrected chi connectivity index (χ4v) is 11.3. The van der Waals surface area contributed by atoms with Gasteiger partial charge in [0, 0.05) is 43.7 Å². The van der Waals surface area contributed by atoms with Gasteiger partial charge in [0.1, 0.15) is 78.0 Å². The molecule has 1 fully saturated rings. The number of rotatable bonds is 41. The van der Waals surface area contributed by atoms with E-state index in [-0.39, 0.29) is 86.3 Å². The fraction of sp³-hybridized carbons (Fsp3) is 0.536. The number of aliphatic carboxylic acids is 2. The van der Waals surface area contributed by atoms with Crippen molar-refractivity contribution in [2.75, 3.05) is 24.6 Å². The van der Waals surface area contributed by atoms with E-state index in [0.29, 0.717) is 23.1 Å². The molecule has 1 aliphatic heterocycles. The number of aliphatic hydroxyl groups is 1. The minimum atomic E-state index is -1.78. The molecule has 0 unspecified atom stereocenters. The molecule has 3 aromatic rings. The SMILES string of the molecule is CC(C)C[C@H](NC(=O)[C@H](C)NC(=O)[C@H](CCC(=O)O)NC(=O)[C@@H](N)CS)C(=O)N[C@H](C(=O)N[C@@H](Cc1ccccc1)C(=O)N[C@@H](CC(C)C)C(=O)NCC(=O)N[C@@H](Cc1ccc(O)cc1)C(=O)N1CCC[C@H]1C(=O)N[C@H](C(=O)N[C@@H](Cc1ccc(O)cc1)C(=O)N[C@@H](CS)C(=O)O)C(C)C)[C@@H](C)O. The van der Waals surface area contributed by atoms with Gasteiger partial charge in [-0.3, -0.25) is 62.3 Å². The van der Waals surface area contributed by atoms with Crippen LogP contribution in [-0.2, 0) is 86.4 Å². The molecule has 3 aromatic carbocycles. The standard InChI is InChI=1S/C69H99N13O19S2/c1-35(2)27-47(76-62(93)49(29-40-13-10-9-11-14-40)78-67(98)57(39(8)83)81-64(95)48(28-36(3)4)75-58(89)38(7)72-61(92)46(24-25-55(87)88)74-59(90)45(70)33-102)60(91)71-32-54(86)73-51(31-42-18-22-44(85)23-19-42)68(99)82-26-12-15-53(82)65(96)80-56(37(5)6)66(97)77-50(30-41-16-20-43(84)21-17-41)63(94)79-52(34-103)69(100)101/h9-11,13-14,16-23,35-39,45-53,56-57,83-85,102-103H,12,15,24-34,70H2,1-8H3,(H,71,91)(H,72,92)(H,73,86)(H,74,90)(H,75,89)(H,76,93)(H,77,97)(H,78,98)(H,79,94)(H,80,96)(H,81,95)(H,87,88)(H,100,101)/t38-,39+,45-,46-,47-,48-,49-,50-,51-,52-,53-,56-,57-/m0/s1. The van der Waals surface area contributed by atoms with Crippen molar-refractivity contribution in [2.45, 2.75) is 192 Å². The molecule has 0 radical (unpaired) electrons. The monoisotopic (exact) mass is 1480 g/mol. The molecule has 0 bridgehead atoms. The maximum Gasteiger partial charge on any atom is 0.327 e. The third kappa shape index (κ3) is 28.7. The number of amides is 12. The zero-order valence-electron chi connectivity index (χ0n) is 58.8. The number of carbonyl (C=O) groups is 14. The molecule has 0 aliphatic carbocycles. The molecule has 4 rings (SSSR count). The minimum absolute atomic E-state index is 0.0190. The Hall–Kier alpha value is -9.54. The second-order valence-corrected chi connectivity index (χ2v) is 27.2. The largest absolute Gasteiger partial charge is 0.508 e. The topological polar surface area (TPSA) is 502 Å². The highest BCUT2D eigenvalue weighted by atomic mass is 32.1. The first-order chi connectivity index (χ1) is 48.5. The van der Waals surface area contributed by atoms with Gasteiger partial charge in [0.15, 0.2) is 0 Å². The van der Waals surface area contributed by atoms with Crippen molar-refractivity contribution in [3.8, 4) is 11.5 Å². The number of nitrogens with two attached hydrogens (primary N) is 1. The predicted molar refractivity (Wildman–Crippen MR) is 382 cm³/mol. The zero-order valence-corrected chi connectivity index (χ0v) is 60.6. The number of phenolic OH excluding ortho intramolecular Hbond substituents is 2. The van der Waals surface area contributed by atoms with Crippen molar-refractivity contribution in [3.63, 3.8) is 0 Å². The number of hydrogen-bond donors (Lipinski definition) is 19. The molecule has 18 N–H and O–H groups in total. The van der Waals surface area contributed by atoms with E-state index in [1.54, 1.807) is 71.9 Å². The van der Waals surface area contributed by atoms with Crippen molar-refractivity contribution in [3.05, 3.63) is 95.6 Å². The van der Waals surface area contributed by atoms with Crippen molar-refractivity contribution in [1.82, 2.24) is 63.4 Å². The van der Waals surface area contributed by atoms with E-state index >= 15 is 0 Å². The van der Waals surface area contributed by atoms with Crippen LogP contribution in [0, 0.1) is 17.8 Å². The number of aliphatic hydroxyl groups excluding tert-OH is 1. The Labute approximate surface area is 608 Å². The third-order valence-corrected chi connectivity index (χ3v) is 17.3. The van der Waals surface area contributed by atoms with Crippen LogP contribution in [-0.4, -0.2) is 216 Å². The smallest absolute Gasteiger partial charge is 0.327 e. The van der Waals surface area contributed by atoms with E-state index in [0.717, 1.165) is 0 Å². The number of carboxylic acids is 2. The van der Waals surface area contributed by atoms with Gasteiger partial charge in [-0.15, -0.1) is 0 Å². The highest BCUT2D eigenvalue weighted by molar-refractivity contribution is 7.80. The number of nitrogens with zero attached hydrogens (tertiary/aromatic N) is 1. The Morgan fingerprint density at radius 2 is 0.951 bits per heavy atom. The van der Waals surface area contributed by atoms with E-state index in [9.17, 15) is 92.7 Å². The molecule has 1 aliphatic rings. The zero-order chi connectivity index (χ0) is 76.9. The van der Waals surface area contributed by atoms with Crippen molar-refractivity contribution in [2.24, 2.45) is 23.5 Å². The van der Waals surface area contributed by atoms with Gasteiger partial charge in [0.25, 0.3) is 0 Å². The maximum absolute atomic E-state index is 14.8. The first kappa shape index (κ1) is 85.9. The van der Waals surface area contributed by atoms with Gasteiger partial charge in [-0.25, -0.2) is 4.79 Å². The molecule has 32 nitrogen and oxygen atoms in total. The molecule has 13 atom stereocenters. The van der Waals surface area contributed by atoms with Crippen molar-refractivity contribution >= 4 is 108 Å². The maximum atomic E-state index is 14.8. The van der Waals surface area contributed by atoms with Crippen LogP contribution >= 0.6 is 25.3 Å². The van der Waals surface area contributed by atoms with E-state index in [1.165, 1.54) is 67.3 Å². The van der Waals surface area contributed by atoms with Crippen molar-refractivity contribution < 1.29 is 92.7 Å². The lowest BCUT2D eigenvalue weighted by molar-refractivity contribution is -0.142. The molecule has 1 heterocycles. The number of likely N-dealkylation sites (tertiary alicyclic amines) is 1. The molecule has 1 saturated heterocycles. The molecule has 566 valence electrons. The Morgan fingerprint density at radius 1 is 0.495 bits per heavy atom. The summed E-state index contributed by atoms with van der Waals surface area (Å²) in [5.74, 6) is -14.9. The summed E-state index contributed by atoms with van der Waals surface area (Å²) in [7, 11) is 0. The summed E-state index contributed by atoms with van der Waals surface area (Å²) in [6.07, 6.45) is -2.70. The van der Waals surface area contributed by atoms with E-state index in [1.807, 2.05) is 0 Å². The normalized spacial score (nSPS) is 16.2. The van der Waals surface area contributed by atoms with Gasteiger partial charge in [0.2, 0.25) is 70.9 Å². The van der Waals surface area contributed by atoms with Crippen LogP contribution in [0.2, 0.25) is 0 Å². The van der Waals surface area contributed by atoms with Gasteiger partial charge in [-0.2, -0.15) is 25.3 Å². The van der Waals surface area contributed by atoms with Crippen LogP contribution in [0.1, 0.15) is 111 Å². The van der Waals surface area contributed by atoms with Crippen LogP contribution in [0.3, 0.4) is 0 Å². The summed E-state index contributed by atoms with van der Waals surface area (Å²) in [6.45, 7) is 11.9. The number of carboxylic acid groups (broad SMARTS) is 2. The third-order valence-electron chi connectivity index (χ3n) is 16.5. The Morgan fingerprint density at radius 3 is 1.44 bits per heavy atom. The number of benzene rings is 3. The lowest BCUT2D eigenvalue weighted by Gasteiger charge is -2.31. The highest BCUT2D eigenvalue weighted by Gasteiger charge is 2.41. The number of carbonyl (C=O) groups excluding carboxylic acids is 12. The average molecular weight is 1480 g/mol. The predicted octanol–water partition coefficient (Wildman–Crippen LogP) is -1.63.